The molecule has 0 spiro atoms. The molecule has 104 valence electrons. The molecule has 1 unspecified atom stereocenters. The summed E-state index contributed by atoms with van der Waals surface area (Å²) in [5.74, 6) is -1.93. The molecular formula is C9H15K2N2O6P. The smallest absolute Gasteiger partial charge is 0.766 e. The van der Waals surface area contributed by atoms with E-state index in [0.29, 0.717) is 12.8 Å². The van der Waals surface area contributed by atoms with Crippen molar-refractivity contribution in [2.45, 2.75) is 31.8 Å². The van der Waals surface area contributed by atoms with Crippen molar-refractivity contribution in [2.24, 2.45) is 0 Å². The van der Waals surface area contributed by atoms with Crippen molar-refractivity contribution in [1.29, 1.82) is 0 Å². The third-order valence-electron chi connectivity index (χ3n) is 2.77. The van der Waals surface area contributed by atoms with Crippen LogP contribution in [0.2, 0.25) is 0 Å². The molecule has 1 heterocycles. The monoisotopic (exact) mass is 356 g/mol. The second kappa shape index (κ2) is 11.0. The van der Waals surface area contributed by atoms with E-state index in [1.54, 1.807) is 0 Å². The van der Waals surface area contributed by atoms with Crippen LogP contribution in [0.4, 0.5) is 0 Å². The van der Waals surface area contributed by atoms with Gasteiger partial charge in [0.1, 0.15) is 0 Å². The number of hydrogen-bond donors (Lipinski definition) is 1. The molecule has 1 amide bonds. The Balaban J connectivity index is 0. The Morgan fingerprint density at radius 2 is 2.00 bits per heavy atom. The Morgan fingerprint density at radius 1 is 1.45 bits per heavy atom. The summed E-state index contributed by atoms with van der Waals surface area (Å²) >= 11 is 0. The minimum Gasteiger partial charge on any atom is -0.766 e. The number of hydrogen-bond acceptors (Lipinski definition) is 6. The quantitative estimate of drug-likeness (QED) is 0.383. The Hall–Kier alpha value is 2.32. The Bertz CT molecular complexity index is 397. The van der Waals surface area contributed by atoms with Gasteiger partial charge >= 0.3 is 103 Å². The zero-order chi connectivity index (χ0) is 13.9. The first-order chi connectivity index (χ1) is 8.28. The van der Waals surface area contributed by atoms with Crippen LogP contribution >= 0.6 is 7.75 Å². The average molecular weight is 356 g/mol. The topological polar surface area (TPSA) is 122 Å². The maximum absolute atomic E-state index is 11.9. The van der Waals surface area contributed by atoms with Crippen molar-refractivity contribution in [3.05, 3.63) is 0 Å². The Morgan fingerprint density at radius 3 is 2.45 bits per heavy atom. The molecular weight excluding hydrogens is 341 g/mol. The van der Waals surface area contributed by atoms with Gasteiger partial charge in [0.25, 0.3) is 0 Å². The van der Waals surface area contributed by atoms with E-state index in [1.165, 1.54) is 6.92 Å². The number of carbonyl (C=O) groups is 2. The van der Waals surface area contributed by atoms with Crippen molar-refractivity contribution in [3.8, 4) is 0 Å². The number of carbonyl (C=O) groups excluding carboxylic acids is 2. The first kappa shape index (κ1) is 24.6. The van der Waals surface area contributed by atoms with Crippen molar-refractivity contribution < 1.29 is 131 Å². The van der Waals surface area contributed by atoms with Gasteiger partial charge in [-0.15, -0.1) is 0 Å². The van der Waals surface area contributed by atoms with Gasteiger partial charge in [0.05, 0.1) is 18.1 Å². The van der Waals surface area contributed by atoms with Gasteiger partial charge in [-0.05, 0) is 19.8 Å². The van der Waals surface area contributed by atoms with Crippen LogP contribution in [0.25, 0.3) is 0 Å². The predicted octanol–water partition coefficient (Wildman–Crippen LogP) is -8.17. The molecule has 11 heteroatoms. The molecule has 0 aromatic heterocycles. The molecule has 1 rings (SSSR count). The molecule has 8 nitrogen and oxygen atoms in total. The summed E-state index contributed by atoms with van der Waals surface area (Å²) in [5.41, 5.74) is 0. The summed E-state index contributed by atoms with van der Waals surface area (Å²) in [6.45, 7) is 1.61. The largest absolute Gasteiger partial charge is 1.00 e. The second-order valence-corrected chi connectivity index (χ2v) is 5.66. The number of carboxylic acids is 1. The van der Waals surface area contributed by atoms with Crippen molar-refractivity contribution in [3.63, 3.8) is 0 Å². The number of amides is 1. The van der Waals surface area contributed by atoms with Crippen molar-refractivity contribution >= 4 is 19.6 Å². The summed E-state index contributed by atoms with van der Waals surface area (Å²) in [7, 11) is -3.31. The van der Waals surface area contributed by atoms with Crippen LogP contribution in [-0.2, 0) is 18.7 Å². The van der Waals surface area contributed by atoms with E-state index in [-0.39, 0.29) is 109 Å². The summed E-state index contributed by atoms with van der Waals surface area (Å²) in [6.07, 6.45) is 0.872. The van der Waals surface area contributed by atoms with E-state index in [9.17, 15) is 24.2 Å². The standard InChI is InChI=1S/C9H17N2O6P.2K/c1-6(10-18(15,16)17-2)8(12)11-5-3-4-7(11)9(13)14;;/h6-7H,3-5H2,1-2H3,(H,13,14)(H2,10,15,16);;/q;2*+1/p-2/t6-,7-;;/m0../s1. The van der Waals surface area contributed by atoms with Gasteiger partial charge in [-0.3, -0.25) is 9.36 Å². The van der Waals surface area contributed by atoms with Gasteiger partial charge < -0.3 is 24.2 Å². The molecule has 20 heavy (non-hydrogen) atoms. The fourth-order valence-electron chi connectivity index (χ4n) is 1.87. The predicted molar refractivity (Wildman–Crippen MR) is 57.0 cm³/mol. The van der Waals surface area contributed by atoms with Gasteiger partial charge in [-0.1, -0.05) is 0 Å². The Labute approximate surface area is 202 Å². The van der Waals surface area contributed by atoms with Gasteiger partial charge in [0.15, 0.2) is 0 Å². The fourth-order valence-corrected chi connectivity index (χ4v) is 2.56. The number of aliphatic carboxylic acids is 1. The molecule has 1 aliphatic heterocycles. The van der Waals surface area contributed by atoms with Crippen LogP contribution in [0, 0.1) is 0 Å². The van der Waals surface area contributed by atoms with E-state index in [1.807, 2.05) is 5.09 Å². The summed E-state index contributed by atoms with van der Waals surface area (Å²) in [4.78, 5) is 35.0. The number of carboxylic acid groups (broad SMARTS) is 1. The zero-order valence-corrected chi connectivity index (χ0v) is 19.3. The molecule has 0 aromatic rings. The molecule has 1 aliphatic rings. The van der Waals surface area contributed by atoms with Crippen LogP contribution in [0.15, 0.2) is 0 Å². The van der Waals surface area contributed by atoms with Gasteiger partial charge in [0, 0.05) is 13.7 Å². The molecule has 1 fully saturated rings. The van der Waals surface area contributed by atoms with Gasteiger partial charge in [0.2, 0.25) is 13.7 Å². The molecule has 0 saturated carbocycles. The van der Waals surface area contributed by atoms with Crippen LogP contribution in [0.5, 0.6) is 0 Å². The van der Waals surface area contributed by atoms with E-state index >= 15 is 0 Å². The van der Waals surface area contributed by atoms with Gasteiger partial charge in [-0.25, -0.2) is 5.09 Å². The number of nitrogens with zero attached hydrogens (tertiary/aromatic N) is 1. The van der Waals surface area contributed by atoms with Crippen LogP contribution in [0.1, 0.15) is 19.8 Å². The second-order valence-electron chi connectivity index (χ2n) is 4.04. The number of likely N-dealkylation sites (tertiary alicyclic amines) is 1. The summed E-state index contributed by atoms with van der Waals surface area (Å²) < 4.78 is 15.3. The van der Waals surface area contributed by atoms with Crippen molar-refractivity contribution in [2.75, 3.05) is 13.7 Å². The maximum Gasteiger partial charge on any atom is 1.00 e. The molecule has 0 radical (unpaired) electrons. The first-order valence-corrected chi connectivity index (χ1v) is 6.98. The normalized spacial score (nSPS) is 22.1. The van der Waals surface area contributed by atoms with Gasteiger partial charge in [-0.2, -0.15) is 0 Å². The molecule has 1 saturated heterocycles. The number of rotatable bonds is 5. The first-order valence-electron chi connectivity index (χ1n) is 5.44. The number of nitrogens with one attached hydrogen (secondary N) is 1. The average Bonchev–Trinajstić information content (AvgIpc) is 2.76. The molecule has 0 aliphatic carbocycles. The fraction of sp³-hybridized carbons (Fsp3) is 0.778. The molecule has 0 bridgehead atoms. The van der Waals surface area contributed by atoms with Crippen molar-refractivity contribution in [1.82, 2.24) is 9.99 Å². The van der Waals surface area contributed by atoms with E-state index < -0.39 is 31.7 Å². The Kier molecular flexibility index (Phi) is 13.5. The summed E-state index contributed by atoms with van der Waals surface area (Å²) in [5, 5.41) is 12.8. The van der Waals surface area contributed by atoms with E-state index in [0.717, 1.165) is 12.0 Å². The maximum atomic E-state index is 11.9. The minimum atomic E-state index is -4.28. The van der Waals surface area contributed by atoms with E-state index in [4.69, 9.17) is 0 Å². The minimum absolute atomic E-state index is 0. The zero-order valence-electron chi connectivity index (χ0n) is 12.1. The van der Waals surface area contributed by atoms with E-state index in [2.05, 4.69) is 4.52 Å². The third kappa shape index (κ3) is 7.26. The third-order valence-corrected chi connectivity index (χ3v) is 3.95. The summed E-state index contributed by atoms with van der Waals surface area (Å²) in [6, 6.07) is -2.07. The van der Waals surface area contributed by atoms with Crippen LogP contribution in [0.3, 0.4) is 0 Å². The van der Waals surface area contributed by atoms with Crippen LogP contribution < -0.4 is 118 Å². The molecule has 1 N–H and O–H groups in total. The van der Waals surface area contributed by atoms with Crippen LogP contribution in [-0.4, -0.2) is 42.5 Å². The molecule has 0 aromatic carbocycles. The SMILES string of the molecule is COP(=O)([O-])N[C@@H](C)C(=O)N1CCC[C@H]1C(=O)[O-].[K+].[K+]. The molecule has 3 atom stereocenters.